The summed E-state index contributed by atoms with van der Waals surface area (Å²) in [5.74, 6) is -1.24. The van der Waals surface area contributed by atoms with Gasteiger partial charge in [-0.2, -0.15) is 0 Å². The fraction of sp³-hybridized carbons (Fsp3) is 0.211. The van der Waals surface area contributed by atoms with Gasteiger partial charge in [0.15, 0.2) is 0 Å². The summed E-state index contributed by atoms with van der Waals surface area (Å²) in [6, 6.07) is 17.3. The summed E-state index contributed by atoms with van der Waals surface area (Å²) >= 11 is 1.63. The fourth-order valence-corrected chi connectivity index (χ4v) is 3.34. The Hall–Kier alpha value is -2.53. The molecule has 3 rings (SSSR count). The highest BCUT2D eigenvalue weighted by Gasteiger charge is 2.15. The van der Waals surface area contributed by atoms with Gasteiger partial charge in [0.2, 0.25) is 5.78 Å². The zero-order valence-electron chi connectivity index (χ0n) is 13.1. The lowest BCUT2D eigenvalue weighted by atomic mass is 10.2. The molecule has 24 heavy (non-hydrogen) atoms. The molecule has 4 nitrogen and oxygen atoms in total. The van der Waals surface area contributed by atoms with E-state index in [1.807, 2.05) is 54.6 Å². The Morgan fingerprint density at radius 3 is 2.54 bits per heavy atom. The molecule has 0 fully saturated rings. The minimum absolute atomic E-state index is 0.128. The lowest BCUT2D eigenvalue weighted by Crippen LogP contribution is -2.17. The molecular formula is C19H17NO3S. The van der Waals surface area contributed by atoms with E-state index in [-0.39, 0.29) is 13.0 Å². The molecule has 0 saturated carbocycles. The van der Waals surface area contributed by atoms with Crippen LogP contribution in [0.4, 0.5) is 0 Å². The third-order valence-corrected chi connectivity index (χ3v) is 4.67. The van der Waals surface area contributed by atoms with E-state index >= 15 is 0 Å². The van der Waals surface area contributed by atoms with Gasteiger partial charge in [-0.25, -0.2) is 9.78 Å². The number of carbonyl (C=O) groups is 2. The van der Waals surface area contributed by atoms with E-state index < -0.39 is 11.8 Å². The smallest absolute Gasteiger partial charge is 0.374 e. The maximum atomic E-state index is 11.8. The molecule has 1 heterocycles. The monoisotopic (exact) mass is 339 g/mol. The highest BCUT2D eigenvalue weighted by Crippen LogP contribution is 2.22. The molecule has 0 atom stereocenters. The average Bonchev–Trinajstić information content (AvgIpc) is 3.03. The van der Waals surface area contributed by atoms with E-state index in [2.05, 4.69) is 4.98 Å². The first-order valence-electron chi connectivity index (χ1n) is 7.81. The number of hydrogen-bond donors (Lipinski definition) is 0. The van der Waals surface area contributed by atoms with Gasteiger partial charge in [0.1, 0.15) is 6.61 Å². The third kappa shape index (κ3) is 4.26. The number of fused-ring (bicyclic) bond motifs is 1. The van der Waals surface area contributed by atoms with Crippen molar-refractivity contribution < 1.29 is 14.3 Å². The average molecular weight is 339 g/mol. The van der Waals surface area contributed by atoms with Crippen LogP contribution >= 0.6 is 11.3 Å². The van der Waals surface area contributed by atoms with Crippen molar-refractivity contribution in [3.05, 3.63) is 65.2 Å². The number of thiazole rings is 1. The summed E-state index contributed by atoms with van der Waals surface area (Å²) in [4.78, 5) is 28.1. The van der Waals surface area contributed by atoms with Crippen LogP contribution in [-0.2, 0) is 27.4 Å². The van der Waals surface area contributed by atoms with E-state index in [4.69, 9.17) is 4.74 Å². The highest BCUT2D eigenvalue weighted by molar-refractivity contribution is 7.18. The SMILES string of the molecule is O=C(CCCc1nc2ccccc2s1)C(=O)OCc1ccccc1. The van der Waals surface area contributed by atoms with Crippen molar-refractivity contribution in [3.63, 3.8) is 0 Å². The zero-order valence-corrected chi connectivity index (χ0v) is 13.9. The van der Waals surface area contributed by atoms with Crippen molar-refractivity contribution in [2.45, 2.75) is 25.9 Å². The molecule has 0 spiro atoms. The summed E-state index contributed by atoms with van der Waals surface area (Å²) in [6.07, 6.45) is 1.47. The normalized spacial score (nSPS) is 10.7. The molecule has 0 radical (unpaired) electrons. The van der Waals surface area contributed by atoms with Gasteiger partial charge in [0.25, 0.3) is 0 Å². The standard InChI is InChI=1S/C19H17NO3S/c21-16(19(22)23-13-14-7-2-1-3-8-14)10-6-12-18-20-15-9-4-5-11-17(15)24-18/h1-5,7-9,11H,6,10,12-13H2. The number of aromatic nitrogens is 1. The molecule has 0 amide bonds. The van der Waals surface area contributed by atoms with E-state index in [9.17, 15) is 9.59 Å². The molecule has 3 aromatic rings. The van der Waals surface area contributed by atoms with Gasteiger partial charge in [0.05, 0.1) is 15.2 Å². The molecule has 5 heteroatoms. The van der Waals surface area contributed by atoms with Crippen molar-refractivity contribution in [2.75, 3.05) is 0 Å². The Morgan fingerprint density at radius 2 is 1.75 bits per heavy atom. The molecule has 2 aromatic carbocycles. The van der Waals surface area contributed by atoms with Crippen molar-refractivity contribution >= 4 is 33.3 Å². The lowest BCUT2D eigenvalue weighted by Gasteiger charge is -2.03. The molecular weight excluding hydrogens is 322 g/mol. The molecule has 1 aromatic heterocycles. The van der Waals surface area contributed by atoms with Gasteiger partial charge in [-0.3, -0.25) is 4.79 Å². The van der Waals surface area contributed by atoms with Crippen LogP contribution in [0.1, 0.15) is 23.4 Å². The van der Waals surface area contributed by atoms with Crippen molar-refractivity contribution in [1.82, 2.24) is 4.98 Å². The molecule has 0 N–H and O–H groups in total. The zero-order chi connectivity index (χ0) is 16.8. The summed E-state index contributed by atoms with van der Waals surface area (Å²) in [6.45, 7) is 0.128. The number of esters is 1. The lowest BCUT2D eigenvalue weighted by molar-refractivity contribution is -0.154. The van der Waals surface area contributed by atoms with Crippen LogP contribution in [0.5, 0.6) is 0 Å². The summed E-state index contributed by atoms with van der Waals surface area (Å²) < 4.78 is 6.18. The first kappa shape index (κ1) is 16.3. The Bertz CT molecular complexity index is 809. The first-order chi connectivity index (χ1) is 11.7. The van der Waals surface area contributed by atoms with E-state index in [0.717, 1.165) is 20.8 Å². The maximum Gasteiger partial charge on any atom is 0.374 e. The third-order valence-electron chi connectivity index (χ3n) is 3.57. The Morgan fingerprint density at radius 1 is 1.00 bits per heavy atom. The van der Waals surface area contributed by atoms with Crippen LogP contribution in [0.2, 0.25) is 0 Å². The molecule has 0 saturated heterocycles. The second kappa shape index (κ2) is 7.84. The first-order valence-corrected chi connectivity index (χ1v) is 8.62. The number of aryl methyl sites for hydroxylation is 1. The van der Waals surface area contributed by atoms with Crippen LogP contribution < -0.4 is 0 Å². The minimum atomic E-state index is -0.761. The van der Waals surface area contributed by atoms with Crippen molar-refractivity contribution in [3.8, 4) is 0 Å². The maximum absolute atomic E-state index is 11.8. The van der Waals surface area contributed by atoms with Crippen LogP contribution in [-0.4, -0.2) is 16.7 Å². The molecule has 0 aliphatic heterocycles. The molecule has 0 aliphatic carbocycles. The van der Waals surface area contributed by atoms with Gasteiger partial charge >= 0.3 is 5.97 Å². The van der Waals surface area contributed by atoms with Gasteiger partial charge in [-0.15, -0.1) is 11.3 Å². The highest BCUT2D eigenvalue weighted by atomic mass is 32.1. The van der Waals surface area contributed by atoms with E-state index in [1.54, 1.807) is 11.3 Å². The van der Waals surface area contributed by atoms with Gasteiger partial charge in [-0.1, -0.05) is 42.5 Å². The van der Waals surface area contributed by atoms with Gasteiger partial charge in [0, 0.05) is 6.42 Å². The predicted molar refractivity (Wildman–Crippen MR) is 93.8 cm³/mol. The number of ether oxygens (including phenoxy) is 1. The van der Waals surface area contributed by atoms with Crippen LogP contribution in [0.25, 0.3) is 10.2 Å². The van der Waals surface area contributed by atoms with Crippen LogP contribution in [0.15, 0.2) is 54.6 Å². The summed E-state index contributed by atoms with van der Waals surface area (Å²) in [5.41, 5.74) is 1.85. The van der Waals surface area contributed by atoms with Crippen LogP contribution in [0.3, 0.4) is 0 Å². The van der Waals surface area contributed by atoms with Crippen molar-refractivity contribution in [2.24, 2.45) is 0 Å². The molecule has 122 valence electrons. The van der Waals surface area contributed by atoms with E-state index in [0.29, 0.717) is 12.8 Å². The number of rotatable bonds is 7. The summed E-state index contributed by atoms with van der Waals surface area (Å²) in [7, 11) is 0. The number of para-hydroxylation sites is 1. The Balaban J connectivity index is 1.44. The number of ketones is 1. The minimum Gasteiger partial charge on any atom is -0.455 e. The Kier molecular flexibility index (Phi) is 5.33. The van der Waals surface area contributed by atoms with Gasteiger partial charge < -0.3 is 4.74 Å². The van der Waals surface area contributed by atoms with Crippen LogP contribution in [0, 0.1) is 0 Å². The molecule has 0 aliphatic rings. The fourth-order valence-electron chi connectivity index (χ4n) is 2.33. The number of nitrogens with zero attached hydrogens (tertiary/aromatic N) is 1. The molecule has 0 unspecified atom stereocenters. The quantitative estimate of drug-likeness (QED) is 0.483. The Labute approximate surface area is 144 Å². The van der Waals surface area contributed by atoms with Crippen molar-refractivity contribution in [1.29, 1.82) is 0 Å². The van der Waals surface area contributed by atoms with E-state index in [1.165, 1.54) is 0 Å². The largest absolute Gasteiger partial charge is 0.455 e. The number of Topliss-reactive ketones (excluding diaryl/α,β-unsaturated/α-hetero) is 1. The number of carbonyl (C=O) groups excluding carboxylic acids is 2. The second-order valence-corrected chi connectivity index (χ2v) is 6.53. The molecule has 0 bridgehead atoms. The topological polar surface area (TPSA) is 56.3 Å². The number of benzene rings is 2. The predicted octanol–water partition coefficient (Wildman–Crippen LogP) is 3.93. The number of hydrogen-bond acceptors (Lipinski definition) is 5. The second-order valence-electron chi connectivity index (χ2n) is 5.41. The summed E-state index contributed by atoms with van der Waals surface area (Å²) in [5, 5.41) is 0.988. The van der Waals surface area contributed by atoms with Gasteiger partial charge in [-0.05, 0) is 30.5 Å².